The smallest absolute Gasteiger partial charge is 0.0442 e. The summed E-state index contributed by atoms with van der Waals surface area (Å²) in [6, 6.07) is 13.3. The second-order valence-corrected chi connectivity index (χ2v) is 7.14. The van der Waals surface area contributed by atoms with Gasteiger partial charge in [-0.25, -0.2) is 0 Å². The van der Waals surface area contributed by atoms with Crippen LogP contribution in [-0.4, -0.2) is 4.98 Å². The Balaban J connectivity index is 2.23. The standard InChI is InChI=1S/C24H35N/c1-4-7-9-16-22-19-21(12-5-2)23(13-6-3)25-24(22)18-17-20-14-10-8-11-15-20/h8,10-11,14-15,19H,4-7,9,12-13,16-18H2,1-3H3. The lowest BCUT2D eigenvalue weighted by atomic mass is 9.95. The number of aromatic nitrogens is 1. The summed E-state index contributed by atoms with van der Waals surface area (Å²) in [5.74, 6) is 0. The quantitative estimate of drug-likeness (QED) is 0.426. The van der Waals surface area contributed by atoms with Crippen LogP contribution in [0.15, 0.2) is 36.4 Å². The molecule has 0 N–H and O–H groups in total. The van der Waals surface area contributed by atoms with Gasteiger partial charge in [-0.2, -0.15) is 0 Å². The maximum atomic E-state index is 5.17. The number of hydrogen-bond acceptors (Lipinski definition) is 1. The molecule has 0 aliphatic heterocycles. The van der Waals surface area contributed by atoms with Gasteiger partial charge in [0, 0.05) is 11.4 Å². The fourth-order valence-electron chi connectivity index (χ4n) is 3.53. The van der Waals surface area contributed by atoms with Gasteiger partial charge in [-0.15, -0.1) is 0 Å². The lowest BCUT2D eigenvalue weighted by Gasteiger charge is -2.15. The van der Waals surface area contributed by atoms with Crippen molar-refractivity contribution in [2.24, 2.45) is 0 Å². The summed E-state index contributed by atoms with van der Waals surface area (Å²) < 4.78 is 0. The van der Waals surface area contributed by atoms with Crippen molar-refractivity contribution >= 4 is 0 Å². The number of hydrogen-bond donors (Lipinski definition) is 0. The van der Waals surface area contributed by atoms with Crippen LogP contribution < -0.4 is 0 Å². The predicted octanol–water partition coefficient (Wildman–Crippen LogP) is 6.50. The topological polar surface area (TPSA) is 12.9 Å². The molecule has 0 fully saturated rings. The second-order valence-electron chi connectivity index (χ2n) is 7.14. The Kier molecular flexibility index (Phi) is 8.72. The van der Waals surface area contributed by atoms with Crippen LogP contribution in [0.4, 0.5) is 0 Å². The first-order chi connectivity index (χ1) is 12.3. The molecule has 0 saturated carbocycles. The highest BCUT2D eigenvalue weighted by Crippen LogP contribution is 2.21. The summed E-state index contributed by atoms with van der Waals surface area (Å²) in [5.41, 5.74) is 7.13. The molecule has 0 spiro atoms. The molecule has 1 aromatic carbocycles. The van der Waals surface area contributed by atoms with Crippen LogP contribution in [0.2, 0.25) is 0 Å². The number of pyridine rings is 1. The highest BCUT2D eigenvalue weighted by molar-refractivity contribution is 5.32. The van der Waals surface area contributed by atoms with Crippen molar-refractivity contribution < 1.29 is 0 Å². The van der Waals surface area contributed by atoms with Gasteiger partial charge in [0.15, 0.2) is 0 Å². The molecule has 1 nitrogen and oxygen atoms in total. The van der Waals surface area contributed by atoms with Gasteiger partial charge < -0.3 is 0 Å². The number of rotatable bonds is 11. The van der Waals surface area contributed by atoms with Crippen LogP contribution in [0, 0.1) is 0 Å². The third-order valence-electron chi connectivity index (χ3n) is 4.91. The summed E-state index contributed by atoms with van der Waals surface area (Å²) in [4.78, 5) is 5.17. The maximum Gasteiger partial charge on any atom is 0.0442 e. The summed E-state index contributed by atoms with van der Waals surface area (Å²) >= 11 is 0. The van der Waals surface area contributed by atoms with Gasteiger partial charge in [0.1, 0.15) is 0 Å². The molecule has 0 aliphatic rings. The first-order valence-electron chi connectivity index (χ1n) is 10.3. The Labute approximate surface area is 154 Å². The minimum atomic E-state index is 1.06. The van der Waals surface area contributed by atoms with E-state index in [4.69, 9.17) is 4.98 Å². The van der Waals surface area contributed by atoms with E-state index in [1.807, 2.05) is 0 Å². The van der Waals surface area contributed by atoms with Crippen molar-refractivity contribution in [1.82, 2.24) is 4.98 Å². The molecule has 0 unspecified atom stereocenters. The molecule has 0 atom stereocenters. The third kappa shape index (κ3) is 6.30. The first kappa shape index (κ1) is 19.7. The summed E-state index contributed by atoms with van der Waals surface area (Å²) in [5, 5.41) is 0. The maximum absolute atomic E-state index is 5.17. The number of benzene rings is 1. The molecule has 0 amide bonds. The highest BCUT2D eigenvalue weighted by Gasteiger charge is 2.11. The molecule has 0 saturated heterocycles. The third-order valence-corrected chi connectivity index (χ3v) is 4.91. The minimum absolute atomic E-state index is 1.06. The van der Waals surface area contributed by atoms with Crippen molar-refractivity contribution in [1.29, 1.82) is 0 Å². The van der Waals surface area contributed by atoms with E-state index in [-0.39, 0.29) is 0 Å². The predicted molar refractivity (Wildman–Crippen MR) is 109 cm³/mol. The molecule has 0 aliphatic carbocycles. The largest absolute Gasteiger partial charge is 0.257 e. The summed E-state index contributed by atoms with van der Waals surface area (Å²) in [6.45, 7) is 6.81. The van der Waals surface area contributed by atoms with E-state index in [2.05, 4.69) is 57.2 Å². The molecule has 1 heteroatoms. The fourth-order valence-corrected chi connectivity index (χ4v) is 3.53. The number of unbranched alkanes of at least 4 members (excludes halogenated alkanes) is 2. The van der Waals surface area contributed by atoms with E-state index in [0.717, 1.165) is 19.3 Å². The van der Waals surface area contributed by atoms with E-state index in [1.54, 1.807) is 0 Å². The molecular formula is C24H35N. The first-order valence-corrected chi connectivity index (χ1v) is 10.3. The van der Waals surface area contributed by atoms with Gasteiger partial charge in [-0.3, -0.25) is 4.98 Å². The Morgan fingerprint density at radius 2 is 1.32 bits per heavy atom. The van der Waals surface area contributed by atoms with Gasteiger partial charge in [0.25, 0.3) is 0 Å². The monoisotopic (exact) mass is 337 g/mol. The van der Waals surface area contributed by atoms with Crippen molar-refractivity contribution in [3.63, 3.8) is 0 Å². The van der Waals surface area contributed by atoms with Crippen LogP contribution in [0.25, 0.3) is 0 Å². The molecule has 25 heavy (non-hydrogen) atoms. The second kappa shape index (κ2) is 11.1. The Morgan fingerprint density at radius 3 is 2.00 bits per heavy atom. The molecule has 0 radical (unpaired) electrons. The van der Waals surface area contributed by atoms with Crippen LogP contribution in [0.3, 0.4) is 0 Å². The number of aryl methyl sites for hydroxylation is 5. The zero-order chi connectivity index (χ0) is 17.9. The zero-order valence-electron chi connectivity index (χ0n) is 16.5. The van der Waals surface area contributed by atoms with E-state index >= 15 is 0 Å². The van der Waals surface area contributed by atoms with Crippen LogP contribution in [-0.2, 0) is 32.1 Å². The average Bonchev–Trinajstić information content (AvgIpc) is 2.64. The van der Waals surface area contributed by atoms with Crippen molar-refractivity contribution in [3.05, 3.63) is 64.5 Å². The van der Waals surface area contributed by atoms with Gasteiger partial charge >= 0.3 is 0 Å². The highest BCUT2D eigenvalue weighted by atomic mass is 14.7. The van der Waals surface area contributed by atoms with Crippen LogP contribution in [0.1, 0.15) is 81.0 Å². The zero-order valence-corrected chi connectivity index (χ0v) is 16.5. The summed E-state index contributed by atoms with van der Waals surface area (Å²) in [7, 11) is 0. The van der Waals surface area contributed by atoms with Crippen molar-refractivity contribution in [3.8, 4) is 0 Å². The molecular weight excluding hydrogens is 302 g/mol. The van der Waals surface area contributed by atoms with Crippen molar-refractivity contribution in [2.45, 2.75) is 85.0 Å². The van der Waals surface area contributed by atoms with Crippen molar-refractivity contribution in [2.75, 3.05) is 0 Å². The van der Waals surface area contributed by atoms with E-state index in [1.165, 1.54) is 73.0 Å². The van der Waals surface area contributed by atoms with Gasteiger partial charge in [0.05, 0.1) is 0 Å². The molecule has 0 bridgehead atoms. The van der Waals surface area contributed by atoms with E-state index in [9.17, 15) is 0 Å². The summed E-state index contributed by atoms with van der Waals surface area (Å²) in [6.07, 6.45) is 11.9. The van der Waals surface area contributed by atoms with Gasteiger partial charge in [-0.1, -0.05) is 82.9 Å². The van der Waals surface area contributed by atoms with Gasteiger partial charge in [0.2, 0.25) is 0 Å². The Bertz CT molecular complexity index is 615. The normalized spacial score (nSPS) is 11.0. The molecule has 1 aromatic heterocycles. The fraction of sp³-hybridized carbons (Fsp3) is 0.542. The average molecular weight is 338 g/mol. The minimum Gasteiger partial charge on any atom is -0.257 e. The molecule has 2 aromatic rings. The number of nitrogens with zero attached hydrogens (tertiary/aromatic N) is 1. The molecule has 136 valence electrons. The van der Waals surface area contributed by atoms with Crippen LogP contribution >= 0.6 is 0 Å². The lowest BCUT2D eigenvalue weighted by molar-refractivity contribution is 0.702. The van der Waals surface area contributed by atoms with E-state index < -0.39 is 0 Å². The van der Waals surface area contributed by atoms with Crippen LogP contribution in [0.5, 0.6) is 0 Å². The Morgan fingerprint density at radius 1 is 0.640 bits per heavy atom. The lowest BCUT2D eigenvalue weighted by Crippen LogP contribution is -2.08. The van der Waals surface area contributed by atoms with E-state index in [0.29, 0.717) is 0 Å². The van der Waals surface area contributed by atoms with Gasteiger partial charge in [-0.05, 0) is 55.2 Å². The SMILES string of the molecule is CCCCCc1cc(CCC)c(CCC)nc1CCc1ccccc1. The molecule has 2 rings (SSSR count). The Hall–Kier alpha value is -1.63. The molecule has 1 heterocycles.